The van der Waals surface area contributed by atoms with Gasteiger partial charge in [-0.1, -0.05) is 0 Å². The Balaban J connectivity index is 2.21. The van der Waals surface area contributed by atoms with Gasteiger partial charge >= 0.3 is 5.69 Å². The summed E-state index contributed by atoms with van der Waals surface area (Å²) in [7, 11) is 1.69. The molecule has 1 heterocycles. The molecule has 7 nitrogen and oxygen atoms in total. The monoisotopic (exact) mass is 268 g/mol. The Hall–Kier alpha value is -1.63. The highest BCUT2D eigenvalue weighted by molar-refractivity contribution is 5.59. The topological polar surface area (TPSA) is 82.2 Å². The number of nitro groups is 1. The average Bonchev–Trinajstić information content (AvgIpc) is 2.65. The summed E-state index contributed by atoms with van der Waals surface area (Å²) >= 11 is 0. The molecule has 0 amide bonds. The SMILES string of the molecule is CCn1nc(C)c([N+](=O)[O-])c1NCC1(OC)CCC1. The molecule has 1 aliphatic carbocycles. The van der Waals surface area contributed by atoms with Crippen LogP contribution < -0.4 is 5.32 Å². The van der Waals surface area contributed by atoms with Crippen LogP contribution in [0.4, 0.5) is 11.5 Å². The molecule has 0 spiro atoms. The van der Waals surface area contributed by atoms with E-state index in [0.29, 0.717) is 24.6 Å². The first kappa shape index (κ1) is 13.8. The van der Waals surface area contributed by atoms with E-state index >= 15 is 0 Å². The third kappa shape index (κ3) is 2.42. The molecule has 0 atom stereocenters. The summed E-state index contributed by atoms with van der Waals surface area (Å²) in [5, 5.41) is 18.5. The van der Waals surface area contributed by atoms with Crippen LogP contribution in [0.5, 0.6) is 0 Å². The average molecular weight is 268 g/mol. The van der Waals surface area contributed by atoms with Gasteiger partial charge in [0, 0.05) is 20.2 Å². The highest BCUT2D eigenvalue weighted by atomic mass is 16.6. The molecule has 19 heavy (non-hydrogen) atoms. The van der Waals surface area contributed by atoms with Crippen LogP contribution in [0.1, 0.15) is 31.9 Å². The molecule has 1 aromatic rings. The summed E-state index contributed by atoms with van der Waals surface area (Å²) in [6, 6.07) is 0. The maximum absolute atomic E-state index is 11.1. The number of anilines is 1. The molecule has 1 fully saturated rings. The van der Waals surface area contributed by atoms with E-state index in [0.717, 1.165) is 19.3 Å². The van der Waals surface area contributed by atoms with Crippen molar-refractivity contribution in [3.63, 3.8) is 0 Å². The molecular weight excluding hydrogens is 248 g/mol. The minimum absolute atomic E-state index is 0.0624. The predicted octanol–water partition coefficient (Wildman–Crippen LogP) is 2.10. The largest absolute Gasteiger partial charge is 0.376 e. The lowest BCUT2D eigenvalue weighted by molar-refractivity contribution is -0.384. The zero-order valence-corrected chi connectivity index (χ0v) is 11.6. The van der Waals surface area contributed by atoms with Crippen LogP contribution in [-0.4, -0.2) is 34.0 Å². The van der Waals surface area contributed by atoms with Crippen LogP contribution in [0.3, 0.4) is 0 Å². The number of ether oxygens (including phenoxy) is 1. The van der Waals surface area contributed by atoms with Gasteiger partial charge in [-0.05, 0) is 33.1 Å². The van der Waals surface area contributed by atoms with E-state index < -0.39 is 0 Å². The van der Waals surface area contributed by atoms with Crippen molar-refractivity contribution in [1.82, 2.24) is 9.78 Å². The molecule has 0 radical (unpaired) electrons. The van der Waals surface area contributed by atoms with Crippen LogP contribution in [0, 0.1) is 17.0 Å². The van der Waals surface area contributed by atoms with Crippen molar-refractivity contribution in [2.45, 2.75) is 45.3 Å². The molecule has 1 N–H and O–H groups in total. The zero-order valence-electron chi connectivity index (χ0n) is 11.6. The number of methoxy groups -OCH3 is 1. The van der Waals surface area contributed by atoms with Gasteiger partial charge in [0.1, 0.15) is 5.69 Å². The third-order valence-corrected chi connectivity index (χ3v) is 3.85. The fraction of sp³-hybridized carbons (Fsp3) is 0.750. The summed E-state index contributed by atoms with van der Waals surface area (Å²) in [6.45, 7) is 4.74. The molecular formula is C12H20N4O3. The number of rotatable bonds is 6. The van der Waals surface area contributed by atoms with E-state index in [1.807, 2.05) is 6.92 Å². The third-order valence-electron chi connectivity index (χ3n) is 3.85. The summed E-state index contributed by atoms with van der Waals surface area (Å²) < 4.78 is 7.15. The van der Waals surface area contributed by atoms with Crippen molar-refractivity contribution in [1.29, 1.82) is 0 Å². The van der Waals surface area contributed by atoms with E-state index in [-0.39, 0.29) is 16.2 Å². The number of aromatic nitrogens is 2. The first-order chi connectivity index (χ1) is 9.03. The van der Waals surface area contributed by atoms with Crippen molar-refractivity contribution in [2.75, 3.05) is 19.0 Å². The predicted molar refractivity (Wildman–Crippen MR) is 71.4 cm³/mol. The van der Waals surface area contributed by atoms with Gasteiger partial charge in [0.2, 0.25) is 5.82 Å². The molecule has 0 saturated heterocycles. The Morgan fingerprint density at radius 2 is 2.26 bits per heavy atom. The minimum atomic E-state index is -0.378. The van der Waals surface area contributed by atoms with Gasteiger partial charge in [-0.25, -0.2) is 4.68 Å². The van der Waals surface area contributed by atoms with Crippen LogP contribution in [-0.2, 0) is 11.3 Å². The second-order valence-corrected chi connectivity index (χ2v) is 4.95. The number of hydrogen-bond acceptors (Lipinski definition) is 5. The Kier molecular flexibility index (Phi) is 3.75. The fourth-order valence-corrected chi connectivity index (χ4v) is 2.46. The maximum Gasteiger partial charge on any atom is 0.333 e. The van der Waals surface area contributed by atoms with Crippen LogP contribution in [0.15, 0.2) is 0 Å². The first-order valence-electron chi connectivity index (χ1n) is 6.54. The molecule has 1 aromatic heterocycles. The normalized spacial score (nSPS) is 17.0. The quantitative estimate of drug-likeness (QED) is 0.631. The molecule has 0 bridgehead atoms. The Morgan fingerprint density at radius 3 is 2.68 bits per heavy atom. The highest BCUT2D eigenvalue weighted by Crippen LogP contribution is 2.36. The van der Waals surface area contributed by atoms with E-state index in [9.17, 15) is 10.1 Å². The summed E-state index contributed by atoms with van der Waals surface area (Å²) in [5.74, 6) is 0.480. The Bertz CT molecular complexity index is 474. The molecule has 106 valence electrons. The second-order valence-electron chi connectivity index (χ2n) is 4.95. The molecule has 2 rings (SSSR count). The van der Waals surface area contributed by atoms with Crippen LogP contribution >= 0.6 is 0 Å². The number of aryl methyl sites for hydroxylation is 2. The second kappa shape index (κ2) is 5.16. The molecule has 7 heteroatoms. The fourth-order valence-electron chi connectivity index (χ4n) is 2.46. The van der Waals surface area contributed by atoms with Crippen molar-refractivity contribution >= 4 is 11.5 Å². The molecule has 0 unspecified atom stereocenters. The standard InChI is InChI=1S/C12H20N4O3/c1-4-15-11(10(16(17)18)9(2)14-15)13-8-12(19-3)6-5-7-12/h13H,4-8H2,1-3H3. The summed E-state index contributed by atoms with van der Waals surface area (Å²) in [6.07, 6.45) is 3.12. The van der Waals surface area contributed by atoms with Crippen molar-refractivity contribution in [2.24, 2.45) is 0 Å². The number of nitrogens with one attached hydrogen (secondary N) is 1. The maximum atomic E-state index is 11.1. The Morgan fingerprint density at radius 1 is 1.58 bits per heavy atom. The van der Waals surface area contributed by atoms with Crippen molar-refractivity contribution in [3.05, 3.63) is 15.8 Å². The van der Waals surface area contributed by atoms with E-state index in [1.54, 1.807) is 18.7 Å². The number of nitrogens with zero attached hydrogens (tertiary/aromatic N) is 3. The highest BCUT2D eigenvalue weighted by Gasteiger charge is 2.38. The lowest BCUT2D eigenvalue weighted by Gasteiger charge is -2.40. The lowest BCUT2D eigenvalue weighted by Crippen LogP contribution is -2.45. The molecule has 1 saturated carbocycles. The number of hydrogen-bond donors (Lipinski definition) is 1. The Labute approximate surface area is 112 Å². The van der Waals surface area contributed by atoms with Gasteiger partial charge in [-0.15, -0.1) is 0 Å². The van der Waals surface area contributed by atoms with Crippen LogP contribution in [0.25, 0.3) is 0 Å². The van der Waals surface area contributed by atoms with Gasteiger partial charge in [-0.2, -0.15) is 5.10 Å². The summed E-state index contributed by atoms with van der Waals surface area (Å²) in [4.78, 5) is 10.8. The van der Waals surface area contributed by atoms with E-state index in [2.05, 4.69) is 10.4 Å². The molecule has 0 aliphatic heterocycles. The van der Waals surface area contributed by atoms with Gasteiger partial charge < -0.3 is 10.1 Å². The first-order valence-corrected chi connectivity index (χ1v) is 6.54. The van der Waals surface area contributed by atoms with Gasteiger partial charge in [0.25, 0.3) is 0 Å². The van der Waals surface area contributed by atoms with Crippen molar-refractivity contribution < 1.29 is 9.66 Å². The molecule has 0 aromatic carbocycles. The smallest absolute Gasteiger partial charge is 0.333 e. The van der Waals surface area contributed by atoms with E-state index in [4.69, 9.17) is 4.74 Å². The van der Waals surface area contributed by atoms with Crippen molar-refractivity contribution in [3.8, 4) is 0 Å². The summed E-state index contributed by atoms with van der Waals surface area (Å²) in [5.41, 5.74) is 0.326. The lowest BCUT2D eigenvalue weighted by atomic mass is 9.80. The zero-order chi connectivity index (χ0) is 14.0. The molecule has 1 aliphatic rings. The van der Waals surface area contributed by atoms with Gasteiger partial charge in [0.05, 0.1) is 10.5 Å². The van der Waals surface area contributed by atoms with Crippen LogP contribution in [0.2, 0.25) is 0 Å². The van der Waals surface area contributed by atoms with Gasteiger partial charge in [-0.3, -0.25) is 10.1 Å². The van der Waals surface area contributed by atoms with E-state index in [1.165, 1.54) is 0 Å². The van der Waals surface area contributed by atoms with Gasteiger partial charge in [0.15, 0.2) is 0 Å². The minimum Gasteiger partial charge on any atom is -0.376 e.